The average Bonchev–Trinajstić information content (AvgIpc) is 2.61. The Labute approximate surface area is 154 Å². The van der Waals surface area contributed by atoms with Gasteiger partial charge in [-0.3, -0.25) is 0 Å². The number of nitrogens with two attached hydrogens (primary N) is 1. The Bertz CT molecular complexity index is 840. The van der Waals surface area contributed by atoms with E-state index >= 15 is 0 Å². The number of primary sulfonamides is 1. The molecule has 6 nitrogen and oxygen atoms in total. The average molecular weight is 375 g/mol. The minimum Gasteiger partial charge on any atom is -0.338 e. The second-order valence-corrected chi connectivity index (χ2v) is 7.54. The van der Waals surface area contributed by atoms with Gasteiger partial charge < -0.3 is 10.6 Å². The number of amides is 2. The molecule has 0 radical (unpaired) electrons. The number of aryl methyl sites for hydroxylation is 2. The fourth-order valence-electron chi connectivity index (χ4n) is 2.73. The molecule has 0 aliphatic heterocycles. The van der Waals surface area contributed by atoms with E-state index in [2.05, 4.69) is 24.5 Å². The van der Waals surface area contributed by atoms with Crippen molar-refractivity contribution in [1.82, 2.24) is 5.32 Å². The van der Waals surface area contributed by atoms with Crippen LogP contribution in [0.4, 0.5) is 10.5 Å². The Morgan fingerprint density at radius 1 is 1.00 bits per heavy atom. The molecule has 0 bridgehead atoms. The van der Waals surface area contributed by atoms with Gasteiger partial charge in [-0.1, -0.05) is 44.2 Å². The SMILES string of the molecule is CCc1cccc(CC)c1NC(=O)NCCc1ccc(S(N)(=O)=O)cc1. The van der Waals surface area contributed by atoms with Crippen molar-refractivity contribution in [2.75, 3.05) is 11.9 Å². The minimum atomic E-state index is -3.68. The first kappa shape index (κ1) is 19.9. The molecule has 2 aromatic rings. The highest BCUT2D eigenvalue weighted by molar-refractivity contribution is 7.89. The Balaban J connectivity index is 1.92. The smallest absolute Gasteiger partial charge is 0.319 e. The van der Waals surface area contributed by atoms with Crippen LogP contribution in [0.1, 0.15) is 30.5 Å². The van der Waals surface area contributed by atoms with E-state index in [1.54, 1.807) is 12.1 Å². The van der Waals surface area contributed by atoms with Gasteiger partial charge in [-0.2, -0.15) is 0 Å². The third-order valence-corrected chi connectivity index (χ3v) is 5.12. The molecule has 7 heteroatoms. The number of nitrogens with one attached hydrogen (secondary N) is 2. The number of benzene rings is 2. The number of anilines is 1. The molecule has 0 heterocycles. The molecule has 2 aromatic carbocycles. The molecule has 2 rings (SSSR count). The highest BCUT2D eigenvalue weighted by Crippen LogP contribution is 2.22. The summed E-state index contributed by atoms with van der Waals surface area (Å²) in [5.74, 6) is 0. The van der Waals surface area contributed by atoms with Crippen LogP contribution in [0.15, 0.2) is 47.4 Å². The molecule has 4 N–H and O–H groups in total. The van der Waals surface area contributed by atoms with Gasteiger partial charge in [0.15, 0.2) is 0 Å². The fourth-order valence-corrected chi connectivity index (χ4v) is 3.24. The highest BCUT2D eigenvalue weighted by atomic mass is 32.2. The van der Waals surface area contributed by atoms with Gasteiger partial charge in [0, 0.05) is 12.2 Å². The number of sulfonamides is 1. The van der Waals surface area contributed by atoms with E-state index in [-0.39, 0.29) is 10.9 Å². The number of carbonyl (C=O) groups is 1. The molecule has 0 saturated carbocycles. The number of rotatable bonds is 7. The zero-order valence-electron chi connectivity index (χ0n) is 15.1. The van der Waals surface area contributed by atoms with Crippen molar-refractivity contribution in [3.63, 3.8) is 0 Å². The molecular weight excluding hydrogens is 350 g/mol. The molecule has 0 fully saturated rings. The number of hydrogen-bond acceptors (Lipinski definition) is 3. The van der Waals surface area contributed by atoms with Crippen LogP contribution in [0.2, 0.25) is 0 Å². The molecule has 0 aliphatic carbocycles. The van der Waals surface area contributed by atoms with Gasteiger partial charge in [-0.25, -0.2) is 18.4 Å². The van der Waals surface area contributed by atoms with Crippen LogP contribution < -0.4 is 15.8 Å². The van der Waals surface area contributed by atoms with Crippen molar-refractivity contribution in [3.05, 3.63) is 59.2 Å². The molecule has 0 aromatic heterocycles. The zero-order valence-corrected chi connectivity index (χ0v) is 15.9. The van der Waals surface area contributed by atoms with Gasteiger partial charge in [0.05, 0.1) is 4.90 Å². The van der Waals surface area contributed by atoms with Gasteiger partial charge in [-0.05, 0) is 48.1 Å². The zero-order chi connectivity index (χ0) is 19.2. The van der Waals surface area contributed by atoms with Crippen LogP contribution >= 0.6 is 0 Å². The Morgan fingerprint density at radius 2 is 1.58 bits per heavy atom. The van der Waals surface area contributed by atoms with Crippen molar-refractivity contribution in [3.8, 4) is 0 Å². The largest absolute Gasteiger partial charge is 0.338 e. The molecule has 26 heavy (non-hydrogen) atoms. The third kappa shape index (κ3) is 5.31. The molecular formula is C19H25N3O3S. The standard InChI is InChI=1S/C19H25N3O3S/c1-3-15-6-5-7-16(4-2)18(15)22-19(23)21-13-12-14-8-10-17(11-9-14)26(20,24)25/h5-11H,3-4,12-13H2,1-2H3,(H2,20,24,25)(H2,21,22,23). The van der Waals surface area contributed by atoms with Gasteiger partial charge in [0.2, 0.25) is 10.0 Å². The van der Waals surface area contributed by atoms with Crippen LogP contribution in [-0.2, 0) is 29.3 Å². The summed E-state index contributed by atoms with van der Waals surface area (Å²) in [5, 5.41) is 10.9. The monoisotopic (exact) mass is 375 g/mol. The summed E-state index contributed by atoms with van der Waals surface area (Å²) >= 11 is 0. The van der Waals surface area contributed by atoms with Gasteiger partial charge in [0.25, 0.3) is 0 Å². The Morgan fingerprint density at radius 3 is 2.08 bits per heavy atom. The maximum absolute atomic E-state index is 12.2. The van der Waals surface area contributed by atoms with Crippen LogP contribution in [0.3, 0.4) is 0 Å². The summed E-state index contributed by atoms with van der Waals surface area (Å²) in [6.07, 6.45) is 2.29. The quantitative estimate of drug-likeness (QED) is 0.693. The normalized spacial score (nSPS) is 11.2. The predicted molar refractivity (Wildman–Crippen MR) is 104 cm³/mol. The van der Waals surface area contributed by atoms with Crippen molar-refractivity contribution >= 4 is 21.7 Å². The van der Waals surface area contributed by atoms with Crippen molar-refractivity contribution < 1.29 is 13.2 Å². The molecule has 0 unspecified atom stereocenters. The molecule has 0 saturated heterocycles. The summed E-state index contributed by atoms with van der Waals surface area (Å²) in [5.41, 5.74) is 4.02. The van der Waals surface area contributed by atoms with Crippen molar-refractivity contribution in [2.45, 2.75) is 38.0 Å². The van der Waals surface area contributed by atoms with E-state index in [1.807, 2.05) is 18.2 Å². The third-order valence-electron chi connectivity index (χ3n) is 4.19. The van der Waals surface area contributed by atoms with Crippen molar-refractivity contribution in [2.24, 2.45) is 5.14 Å². The summed E-state index contributed by atoms with van der Waals surface area (Å²) in [7, 11) is -3.68. The van der Waals surface area contributed by atoms with E-state index in [1.165, 1.54) is 12.1 Å². The lowest BCUT2D eigenvalue weighted by molar-refractivity contribution is 0.252. The van der Waals surface area contributed by atoms with E-state index in [0.29, 0.717) is 13.0 Å². The molecule has 0 spiro atoms. The second-order valence-electron chi connectivity index (χ2n) is 5.98. The van der Waals surface area contributed by atoms with Gasteiger partial charge in [0.1, 0.15) is 0 Å². The summed E-state index contributed by atoms with van der Waals surface area (Å²) < 4.78 is 22.5. The Hall–Kier alpha value is -2.38. The van der Waals surface area contributed by atoms with Crippen LogP contribution in [0, 0.1) is 0 Å². The maximum atomic E-state index is 12.2. The van der Waals surface area contributed by atoms with Gasteiger partial charge >= 0.3 is 6.03 Å². The van der Waals surface area contributed by atoms with E-state index in [0.717, 1.165) is 35.2 Å². The van der Waals surface area contributed by atoms with Crippen LogP contribution in [0.25, 0.3) is 0 Å². The first-order chi connectivity index (χ1) is 12.3. The molecule has 2 amide bonds. The van der Waals surface area contributed by atoms with E-state index < -0.39 is 10.0 Å². The topological polar surface area (TPSA) is 101 Å². The number of para-hydroxylation sites is 1. The maximum Gasteiger partial charge on any atom is 0.319 e. The fraction of sp³-hybridized carbons (Fsp3) is 0.316. The second kappa shape index (κ2) is 8.82. The molecule has 140 valence electrons. The summed E-state index contributed by atoms with van der Waals surface area (Å²) in [4.78, 5) is 12.3. The van der Waals surface area contributed by atoms with E-state index in [9.17, 15) is 13.2 Å². The molecule has 0 atom stereocenters. The highest BCUT2D eigenvalue weighted by Gasteiger charge is 2.10. The molecule has 0 aliphatic rings. The van der Waals surface area contributed by atoms with Crippen LogP contribution in [-0.4, -0.2) is 21.0 Å². The minimum absolute atomic E-state index is 0.0789. The number of hydrogen-bond donors (Lipinski definition) is 3. The lowest BCUT2D eigenvalue weighted by Gasteiger charge is -2.15. The first-order valence-corrected chi connectivity index (χ1v) is 10.2. The van der Waals surface area contributed by atoms with Crippen LogP contribution in [0.5, 0.6) is 0 Å². The summed E-state index contributed by atoms with van der Waals surface area (Å²) in [6.45, 7) is 4.56. The van der Waals surface area contributed by atoms with E-state index in [4.69, 9.17) is 5.14 Å². The van der Waals surface area contributed by atoms with Gasteiger partial charge in [-0.15, -0.1) is 0 Å². The number of carbonyl (C=O) groups excluding carboxylic acids is 1. The lowest BCUT2D eigenvalue weighted by atomic mass is 10.0. The lowest BCUT2D eigenvalue weighted by Crippen LogP contribution is -2.31. The predicted octanol–water partition coefficient (Wildman–Crippen LogP) is 2.82. The summed E-state index contributed by atoms with van der Waals surface area (Å²) in [6, 6.07) is 12.1. The number of urea groups is 1. The Kier molecular flexibility index (Phi) is 6.76. The first-order valence-electron chi connectivity index (χ1n) is 8.62. The van der Waals surface area contributed by atoms with Crippen molar-refractivity contribution in [1.29, 1.82) is 0 Å².